The van der Waals surface area contributed by atoms with Crippen molar-refractivity contribution in [1.29, 1.82) is 0 Å². The molecule has 0 aliphatic carbocycles. The maximum Gasteiger partial charge on any atom is 0.00981 e. The highest BCUT2D eigenvalue weighted by Crippen LogP contribution is 2.23. The maximum atomic E-state index is 2.71. The highest BCUT2D eigenvalue weighted by atomic mass is 15.2. The molecule has 0 aromatic rings. The van der Waals surface area contributed by atoms with E-state index < -0.39 is 0 Å². The van der Waals surface area contributed by atoms with E-state index in [1.165, 1.54) is 45.2 Å². The molecule has 1 aliphatic rings. The molecule has 1 heterocycles. The average molecular weight is 183 g/mol. The first-order valence-electron chi connectivity index (χ1n) is 5.98. The van der Waals surface area contributed by atoms with Gasteiger partial charge in [0.15, 0.2) is 0 Å². The Morgan fingerprint density at radius 3 is 2.77 bits per heavy atom. The Kier molecular flexibility index (Phi) is 4.79. The Morgan fingerprint density at radius 1 is 1.38 bits per heavy atom. The fourth-order valence-electron chi connectivity index (χ4n) is 2.36. The number of hydrogen-bond acceptors (Lipinski definition) is 1. The van der Waals surface area contributed by atoms with Crippen LogP contribution in [0.3, 0.4) is 0 Å². The second kappa shape index (κ2) is 5.64. The normalized spacial score (nSPS) is 24.5. The molecular formula is C12H25N. The van der Waals surface area contributed by atoms with Gasteiger partial charge in [-0.05, 0) is 44.7 Å². The number of likely N-dealkylation sites (tertiary alicyclic amines) is 1. The molecule has 13 heavy (non-hydrogen) atoms. The zero-order valence-electron chi connectivity index (χ0n) is 9.55. The van der Waals surface area contributed by atoms with Crippen LogP contribution in [0.2, 0.25) is 0 Å². The summed E-state index contributed by atoms with van der Waals surface area (Å²) in [7, 11) is 0. The lowest BCUT2D eigenvalue weighted by atomic mass is 10.0. The summed E-state index contributed by atoms with van der Waals surface area (Å²) in [4.78, 5) is 2.71. The van der Waals surface area contributed by atoms with Crippen LogP contribution in [-0.4, -0.2) is 24.0 Å². The van der Waals surface area contributed by atoms with Gasteiger partial charge in [-0.3, -0.25) is 0 Å². The van der Waals surface area contributed by atoms with E-state index in [0.29, 0.717) is 0 Å². The standard InChI is InChI=1S/C12H25N/c1-4-5-8-13-9-6-7-12(13)10-11(2)3/h11-12H,4-10H2,1-3H3. The summed E-state index contributed by atoms with van der Waals surface area (Å²) in [6, 6.07) is 0.909. The van der Waals surface area contributed by atoms with Crippen molar-refractivity contribution >= 4 is 0 Å². The van der Waals surface area contributed by atoms with Gasteiger partial charge in [-0.15, -0.1) is 0 Å². The molecule has 0 aromatic carbocycles. The first-order chi connectivity index (χ1) is 6.24. The molecule has 0 radical (unpaired) electrons. The SMILES string of the molecule is CCCCN1CCCC1CC(C)C. The van der Waals surface area contributed by atoms with Gasteiger partial charge in [-0.2, -0.15) is 0 Å². The maximum absolute atomic E-state index is 2.71. The zero-order chi connectivity index (χ0) is 9.68. The van der Waals surface area contributed by atoms with Gasteiger partial charge >= 0.3 is 0 Å². The predicted octanol–water partition coefficient (Wildman–Crippen LogP) is 3.30. The van der Waals surface area contributed by atoms with Gasteiger partial charge in [0.25, 0.3) is 0 Å². The van der Waals surface area contributed by atoms with Crippen molar-refractivity contribution in [1.82, 2.24) is 4.90 Å². The second-order valence-corrected chi connectivity index (χ2v) is 4.82. The van der Waals surface area contributed by atoms with Crippen molar-refractivity contribution in [3.05, 3.63) is 0 Å². The summed E-state index contributed by atoms with van der Waals surface area (Å²) in [6.45, 7) is 9.67. The molecule has 78 valence electrons. The van der Waals surface area contributed by atoms with Crippen LogP contribution in [0.1, 0.15) is 52.9 Å². The number of hydrogen-bond donors (Lipinski definition) is 0. The summed E-state index contributed by atoms with van der Waals surface area (Å²) in [5.41, 5.74) is 0. The van der Waals surface area contributed by atoms with Crippen molar-refractivity contribution in [2.45, 2.75) is 58.9 Å². The fourth-order valence-corrected chi connectivity index (χ4v) is 2.36. The van der Waals surface area contributed by atoms with Crippen LogP contribution in [0.25, 0.3) is 0 Å². The second-order valence-electron chi connectivity index (χ2n) is 4.82. The van der Waals surface area contributed by atoms with Crippen molar-refractivity contribution < 1.29 is 0 Å². The lowest BCUT2D eigenvalue weighted by molar-refractivity contribution is 0.223. The molecule has 0 saturated carbocycles. The number of unbranched alkanes of at least 4 members (excludes halogenated alkanes) is 1. The molecular weight excluding hydrogens is 158 g/mol. The highest BCUT2D eigenvalue weighted by molar-refractivity contribution is 4.79. The van der Waals surface area contributed by atoms with Gasteiger partial charge in [-0.25, -0.2) is 0 Å². The first-order valence-corrected chi connectivity index (χ1v) is 5.98. The number of nitrogens with zero attached hydrogens (tertiary/aromatic N) is 1. The Balaban J connectivity index is 2.26. The molecule has 0 aromatic heterocycles. The monoisotopic (exact) mass is 183 g/mol. The van der Waals surface area contributed by atoms with Crippen LogP contribution in [0, 0.1) is 5.92 Å². The molecule has 1 atom stereocenters. The molecule has 0 spiro atoms. The molecule has 0 bridgehead atoms. The largest absolute Gasteiger partial charge is 0.300 e. The van der Waals surface area contributed by atoms with Gasteiger partial charge in [-0.1, -0.05) is 27.2 Å². The average Bonchev–Trinajstić information content (AvgIpc) is 2.48. The lowest BCUT2D eigenvalue weighted by Gasteiger charge is -2.25. The fraction of sp³-hybridized carbons (Fsp3) is 1.00. The molecule has 1 aliphatic heterocycles. The molecule has 1 fully saturated rings. The van der Waals surface area contributed by atoms with Crippen molar-refractivity contribution in [2.24, 2.45) is 5.92 Å². The molecule has 0 N–H and O–H groups in total. The van der Waals surface area contributed by atoms with E-state index in [0.717, 1.165) is 12.0 Å². The lowest BCUT2D eigenvalue weighted by Crippen LogP contribution is -2.31. The van der Waals surface area contributed by atoms with Crippen LogP contribution in [0.15, 0.2) is 0 Å². The van der Waals surface area contributed by atoms with Gasteiger partial charge in [0.1, 0.15) is 0 Å². The summed E-state index contributed by atoms with van der Waals surface area (Å²) in [5, 5.41) is 0. The molecule has 1 nitrogen and oxygen atoms in total. The van der Waals surface area contributed by atoms with Crippen LogP contribution >= 0.6 is 0 Å². The van der Waals surface area contributed by atoms with Crippen molar-refractivity contribution in [2.75, 3.05) is 13.1 Å². The predicted molar refractivity (Wildman–Crippen MR) is 59.0 cm³/mol. The highest BCUT2D eigenvalue weighted by Gasteiger charge is 2.23. The van der Waals surface area contributed by atoms with Crippen LogP contribution in [-0.2, 0) is 0 Å². The van der Waals surface area contributed by atoms with Crippen LogP contribution in [0.5, 0.6) is 0 Å². The van der Waals surface area contributed by atoms with Crippen molar-refractivity contribution in [3.8, 4) is 0 Å². The van der Waals surface area contributed by atoms with Gasteiger partial charge in [0.05, 0.1) is 0 Å². The minimum absolute atomic E-state index is 0.868. The molecule has 1 saturated heterocycles. The molecule has 1 heteroatoms. The topological polar surface area (TPSA) is 3.24 Å². The molecule has 1 unspecified atom stereocenters. The van der Waals surface area contributed by atoms with E-state index in [1.807, 2.05) is 0 Å². The Labute approximate surface area is 83.5 Å². The minimum atomic E-state index is 0.868. The third kappa shape index (κ3) is 3.68. The van der Waals surface area contributed by atoms with E-state index in [4.69, 9.17) is 0 Å². The van der Waals surface area contributed by atoms with Gasteiger partial charge in [0.2, 0.25) is 0 Å². The van der Waals surface area contributed by atoms with E-state index in [1.54, 1.807) is 0 Å². The number of rotatable bonds is 5. The van der Waals surface area contributed by atoms with E-state index in [-0.39, 0.29) is 0 Å². The summed E-state index contributed by atoms with van der Waals surface area (Å²) >= 11 is 0. The molecule has 0 amide bonds. The van der Waals surface area contributed by atoms with Gasteiger partial charge < -0.3 is 4.90 Å². The Hall–Kier alpha value is -0.0400. The third-order valence-corrected chi connectivity index (χ3v) is 3.04. The molecule has 1 rings (SSSR count). The Morgan fingerprint density at radius 2 is 2.15 bits per heavy atom. The van der Waals surface area contributed by atoms with Crippen LogP contribution in [0.4, 0.5) is 0 Å². The van der Waals surface area contributed by atoms with E-state index in [9.17, 15) is 0 Å². The van der Waals surface area contributed by atoms with E-state index >= 15 is 0 Å². The van der Waals surface area contributed by atoms with Crippen molar-refractivity contribution in [3.63, 3.8) is 0 Å². The third-order valence-electron chi connectivity index (χ3n) is 3.04. The zero-order valence-corrected chi connectivity index (χ0v) is 9.55. The minimum Gasteiger partial charge on any atom is -0.300 e. The van der Waals surface area contributed by atoms with Gasteiger partial charge in [0, 0.05) is 6.04 Å². The summed E-state index contributed by atoms with van der Waals surface area (Å²) < 4.78 is 0. The summed E-state index contributed by atoms with van der Waals surface area (Å²) in [5.74, 6) is 0.868. The van der Waals surface area contributed by atoms with E-state index in [2.05, 4.69) is 25.7 Å². The quantitative estimate of drug-likeness (QED) is 0.632. The summed E-state index contributed by atoms with van der Waals surface area (Å²) in [6.07, 6.45) is 7.01. The Bertz CT molecular complexity index is 131. The van der Waals surface area contributed by atoms with Crippen LogP contribution < -0.4 is 0 Å². The smallest absolute Gasteiger partial charge is 0.00981 e. The first kappa shape index (κ1) is 11.0.